The number of furan rings is 1. The molecule has 21 heavy (non-hydrogen) atoms. The molecular weight excluding hydrogens is 272 g/mol. The Labute approximate surface area is 120 Å². The zero-order valence-corrected chi connectivity index (χ0v) is 12.1. The number of carbonyl (C=O) groups is 1. The Morgan fingerprint density at radius 1 is 1.48 bits per heavy atom. The molecule has 1 amide bonds. The summed E-state index contributed by atoms with van der Waals surface area (Å²) < 4.78 is 8.36. The first kappa shape index (κ1) is 13.4. The molecule has 1 atom stereocenters. The van der Waals surface area contributed by atoms with Crippen LogP contribution in [0.15, 0.2) is 27.6 Å². The molecule has 0 saturated carbocycles. The van der Waals surface area contributed by atoms with Crippen molar-refractivity contribution in [1.82, 2.24) is 19.5 Å². The van der Waals surface area contributed by atoms with Gasteiger partial charge in [-0.1, -0.05) is 6.92 Å². The third-order valence-corrected chi connectivity index (χ3v) is 3.64. The van der Waals surface area contributed by atoms with E-state index >= 15 is 0 Å². The van der Waals surface area contributed by atoms with Crippen molar-refractivity contribution in [1.29, 1.82) is 0 Å². The highest BCUT2D eigenvalue weighted by Crippen LogP contribution is 2.21. The number of rotatable bonds is 3. The van der Waals surface area contributed by atoms with Crippen molar-refractivity contribution in [3.8, 4) is 0 Å². The molecule has 1 N–H and O–H groups in total. The summed E-state index contributed by atoms with van der Waals surface area (Å²) in [5.74, 6) is 0.447. The maximum absolute atomic E-state index is 12.6. The van der Waals surface area contributed by atoms with Gasteiger partial charge in [-0.15, -0.1) is 0 Å². The largest absolute Gasteiger partial charge is 0.463 e. The summed E-state index contributed by atoms with van der Waals surface area (Å²) in [5.41, 5.74) is 1.60. The number of aryl methyl sites for hydroxylation is 1. The summed E-state index contributed by atoms with van der Waals surface area (Å²) in [5, 5.41) is 6.89. The Balaban J connectivity index is 2.36. The molecular formula is C14H16N4O3. The van der Waals surface area contributed by atoms with Crippen LogP contribution < -0.4 is 10.9 Å². The normalized spacial score (nSPS) is 12.9. The smallest absolute Gasteiger partial charge is 0.291 e. The molecule has 0 bridgehead atoms. The zero-order chi connectivity index (χ0) is 15.1. The second-order valence-corrected chi connectivity index (χ2v) is 4.84. The van der Waals surface area contributed by atoms with E-state index in [1.165, 1.54) is 11.7 Å². The molecule has 0 aliphatic carbocycles. The van der Waals surface area contributed by atoms with E-state index in [1.54, 1.807) is 29.7 Å². The maximum atomic E-state index is 12.6. The van der Waals surface area contributed by atoms with Crippen molar-refractivity contribution in [2.75, 3.05) is 7.05 Å². The van der Waals surface area contributed by atoms with E-state index in [-0.39, 0.29) is 11.5 Å². The van der Waals surface area contributed by atoms with E-state index in [4.69, 9.17) is 4.42 Å². The van der Waals surface area contributed by atoms with E-state index in [9.17, 15) is 9.59 Å². The lowest BCUT2D eigenvalue weighted by Crippen LogP contribution is -2.37. The zero-order valence-electron chi connectivity index (χ0n) is 12.1. The van der Waals surface area contributed by atoms with Crippen LogP contribution in [0.25, 0.3) is 16.6 Å². The Hall–Kier alpha value is -2.57. The number of carbonyl (C=O) groups excluding carboxylic acids is 1. The van der Waals surface area contributed by atoms with Gasteiger partial charge >= 0.3 is 0 Å². The van der Waals surface area contributed by atoms with Crippen LogP contribution in [0.2, 0.25) is 0 Å². The molecule has 0 aliphatic rings. The second-order valence-electron chi connectivity index (χ2n) is 4.84. The van der Waals surface area contributed by atoms with Gasteiger partial charge in [0.25, 0.3) is 5.56 Å². The topological polar surface area (TPSA) is 81.5 Å². The Morgan fingerprint density at radius 3 is 2.90 bits per heavy atom. The molecule has 0 radical (unpaired) electrons. The van der Waals surface area contributed by atoms with Gasteiger partial charge < -0.3 is 9.73 Å². The minimum Gasteiger partial charge on any atom is -0.463 e. The third-order valence-electron chi connectivity index (χ3n) is 3.64. The number of amides is 1. The molecule has 3 heterocycles. The third kappa shape index (κ3) is 1.84. The van der Waals surface area contributed by atoms with Crippen LogP contribution in [0, 0.1) is 0 Å². The van der Waals surface area contributed by atoms with E-state index in [0.29, 0.717) is 23.3 Å². The van der Waals surface area contributed by atoms with Crippen molar-refractivity contribution < 1.29 is 9.21 Å². The highest BCUT2D eigenvalue weighted by molar-refractivity contribution is 5.83. The predicted octanol–water partition coefficient (Wildman–Crippen LogP) is 1.11. The van der Waals surface area contributed by atoms with Gasteiger partial charge in [-0.05, 0) is 6.92 Å². The summed E-state index contributed by atoms with van der Waals surface area (Å²) >= 11 is 0. The summed E-state index contributed by atoms with van der Waals surface area (Å²) in [6.45, 7) is 3.60. The summed E-state index contributed by atoms with van der Waals surface area (Å²) in [6, 6.07) is 2.82. The quantitative estimate of drug-likeness (QED) is 0.782. The van der Waals surface area contributed by atoms with Crippen LogP contribution in [-0.4, -0.2) is 27.1 Å². The lowest BCUT2D eigenvalue weighted by molar-refractivity contribution is -0.123. The van der Waals surface area contributed by atoms with Crippen molar-refractivity contribution in [3.63, 3.8) is 0 Å². The van der Waals surface area contributed by atoms with Crippen LogP contribution in [0.5, 0.6) is 0 Å². The molecule has 0 aliphatic heterocycles. The van der Waals surface area contributed by atoms with Crippen molar-refractivity contribution in [2.24, 2.45) is 0 Å². The van der Waals surface area contributed by atoms with E-state index < -0.39 is 6.04 Å². The Bertz CT molecular complexity index is 887. The molecule has 3 aromatic rings. The summed E-state index contributed by atoms with van der Waals surface area (Å²) in [6.07, 6.45) is 2.21. The number of hydrogen-bond acceptors (Lipinski definition) is 4. The van der Waals surface area contributed by atoms with Crippen molar-refractivity contribution in [2.45, 2.75) is 26.3 Å². The van der Waals surface area contributed by atoms with Gasteiger partial charge in [0.1, 0.15) is 17.4 Å². The van der Waals surface area contributed by atoms with Crippen molar-refractivity contribution >= 4 is 22.5 Å². The number of nitrogens with one attached hydrogen (secondary N) is 1. The van der Waals surface area contributed by atoms with Crippen LogP contribution in [0.3, 0.4) is 0 Å². The van der Waals surface area contributed by atoms with E-state index in [1.807, 2.05) is 6.92 Å². The van der Waals surface area contributed by atoms with Gasteiger partial charge in [-0.25, -0.2) is 4.68 Å². The first-order valence-corrected chi connectivity index (χ1v) is 6.80. The lowest BCUT2D eigenvalue weighted by Gasteiger charge is -2.14. The van der Waals surface area contributed by atoms with E-state index in [2.05, 4.69) is 10.4 Å². The van der Waals surface area contributed by atoms with Crippen LogP contribution in [-0.2, 0) is 11.2 Å². The number of fused-ring (bicyclic) bond motifs is 3. The number of nitrogens with zero attached hydrogens (tertiary/aromatic N) is 3. The lowest BCUT2D eigenvalue weighted by atomic mass is 10.3. The van der Waals surface area contributed by atoms with Gasteiger partial charge in [0, 0.05) is 25.6 Å². The molecule has 3 aromatic heterocycles. The maximum Gasteiger partial charge on any atom is 0.291 e. The second kappa shape index (κ2) is 4.76. The molecule has 0 spiro atoms. The van der Waals surface area contributed by atoms with Gasteiger partial charge in [0.15, 0.2) is 5.58 Å². The van der Waals surface area contributed by atoms with Crippen LogP contribution in [0.1, 0.15) is 25.7 Å². The Kier molecular flexibility index (Phi) is 3.04. The minimum atomic E-state index is -0.668. The van der Waals surface area contributed by atoms with Gasteiger partial charge in [0.05, 0.1) is 11.8 Å². The summed E-state index contributed by atoms with van der Waals surface area (Å²) in [7, 11) is 1.54. The fourth-order valence-electron chi connectivity index (χ4n) is 2.50. The van der Waals surface area contributed by atoms with Crippen LogP contribution in [0.4, 0.5) is 0 Å². The highest BCUT2D eigenvalue weighted by atomic mass is 16.3. The van der Waals surface area contributed by atoms with Gasteiger partial charge in [-0.3, -0.25) is 14.0 Å². The summed E-state index contributed by atoms with van der Waals surface area (Å²) in [4.78, 5) is 24.4. The molecule has 0 saturated heterocycles. The van der Waals surface area contributed by atoms with Gasteiger partial charge in [-0.2, -0.15) is 5.10 Å². The van der Waals surface area contributed by atoms with Crippen molar-refractivity contribution in [3.05, 3.63) is 34.6 Å². The molecule has 110 valence electrons. The fourth-order valence-corrected chi connectivity index (χ4v) is 2.50. The molecule has 0 aromatic carbocycles. The SMILES string of the molecule is CCc1nn(C(C)C(=O)NC)c(=O)c2cc3occc3n12. The highest BCUT2D eigenvalue weighted by Gasteiger charge is 2.21. The average molecular weight is 288 g/mol. The fraction of sp³-hybridized carbons (Fsp3) is 0.357. The number of hydrogen-bond donors (Lipinski definition) is 1. The minimum absolute atomic E-state index is 0.258. The average Bonchev–Trinajstić information content (AvgIpc) is 3.07. The standard InChI is InChI=1S/C14H16N4O3/c1-4-12-16-18(8(2)13(19)15-3)14(20)10-7-11-9(17(10)12)5-6-21-11/h5-8H,4H2,1-3H3,(H,15,19). The molecule has 7 heteroatoms. The van der Waals surface area contributed by atoms with Crippen LogP contribution >= 0.6 is 0 Å². The first-order valence-electron chi connectivity index (χ1n) is 6.80. The molecule has 0 fully saturated rings. The first-order chi connectivity index (χ1) is 10.1. The van der Waals surface area contributed by atoms with E-state index in [0.717, 1.165) is 5.52 Å². The molecule has 7 nitrogen and oxygen atoms in total. The van der Waals surface area contributed by atoms with Gasteiger partial charge in [0.2, 0.25) is 5.91 Å². The number of aromatic nitrogens is 3. The Morgan fingerprint density at radius 2 is 2.24 bits per heavy atom. The molecule has 3 rings (SSSR count). The number of likely N-dealkylation sites (N-methyl/N-ethyl adjacent to an activating group) is 1. The monoisotopic (exact) mass is 288 g/mol. The predicted molar refractivity (Wildman–Crippen MR) is 77.4 cm³/mol. The molecule has 1 unspecified atom stereocenters.